The van der Waals surface area contributed by atoms with Crippen molar-refractivity contribution in [1.82, 2.24) is 9.21 Å². The number of hydrogen-bond acceptors (Lipinski definition) is 4. The number of carbonyl (C=O) groups is 1. The second-order valence-electron chi connectivity index (χ2n) is 7.54. The summed E-state index contributed by atoms with van der Waals surface area (Å²) in [5, 5.41) is 0. The van der Waals surface area contributed by atoms with Crippen LogP contribution in [-0.4, -0.2) is 53.8 Å². The predicted octanol–water partition coefficient (Wildman–Crippen LogP) is 4.08. The summed E-state index contributed by atoms with van der Waals surface area (Å²) in [5.74, 6) is 0.385. The average molecular weight is 471 g/mol. The number of sulfonamides is 1. The molecule has 31 heavy (non-hydrogen) atoms. The molecule has 2 saturated heterocycles. The minimum absolute atomic E-state index is 0.203. The summed E-state index contributed by atoms with van der Waals surface area (Å²) < 4.78 is 65.6. The van der Waals surface area contributed by atoms with Crippen molar-refractivity contribution < 1.29 is 26.4 Å². The molecule has 0 radical (unpaired) electrons. The van der Waals surface area contributed by atoms with Crippen LogP contribution in [-0.2, 0) is 16.2 Å². The van der Waals surface area contributed by atoms with Crippen LogP contribution in [0, 0.1) is 0 Å². The number of thioether (sulfide) groups is 1. The molecule has 2 aliphatic rings. The molecule has 0 aromatic heterocycles. The van der Waals surface area contributed by atoms with E-state index >= 15 is 0 Å². The summed E-state index contributed by atoms with van der Waals surface area (Å²) in [6.07, 6.45) is -3.52. The van der Waals surface area contributed by atoms with Crippen molar-refractivity contribution in [3.63, 3.8) is 0 Å². The lowest BCUT2D eigenvalue weighted by Crippen LogP contribution is -2.53. The fraction of sp³-hybridized carbons (Fsp3) is 0.381. The Morgan fingerprint density at radius 2 is 1.55 bits per heavy atom. The topological polar surface area (TPSA) is 57.7 Å². The molecular weight excluding hydrogens is 449 g/mol. The fourth-order valence-corrected chi connectivity index (χ4v) is 7.00. The van der Waals surface area contributed by atoms with E-state index in [1.54, 1.807) is 47.0 Å². The van der Waals surface area contributed by atoms with Crippen molar-refractivity contribution in [2.75, 3.05) is 25.4 Å². The Bertz CT molecular complexity index is 1050. The SMILES string of the molecule is O=C(c1ccc(C(F)(F)F)cc1)N1CCSC12CCN(S(=O)(=O)c1ccccc1)CC2. The summed E-state index contributed by atoms with van der Waals surface area (Å²) in [7, 11) is -3.60. The largest absolute Gasteiger partial charge is 0.416 e. The highest BCUT2D eigenvalue weighted by Crippen LogP contribution is 2.45. The Morgan fingerprint density at radius 1 is 0.935 bits per heavy atom. The monoisotopic (exact) mass is 470 g/mol. The van der Waals surface area contributed by atoms with Gasteiger partial charge in [-0.1, -0.05) is 18.2 Å². The number of alkyl halides is 3. The molecule has 10 heteroatoms. The molecule has 2 aromatic rings. The number of carbonyl (C=O) groups excluding carboxylic acids is 1. The van der Waals surface area contributed by atoms with Gasteiger partial charge in [0.05, 0.1) is 15.3 Å². The Balaban J connectivity index is 1.49. The van der Waals surface area contributed by atoms with Gasteiger partial charge in [0.1, 0.15) is 0 Å². The molecule has 5 nitrogen and oxygen atoms in total. The number of halogens is 3. The molecular formula is C21H21F3N2O3S2. The second kappa shape index (κ2) is 8.14. The molecule has 2 aliphatic heterocycles. The maximum absolute atomic E-state index is 13.1. The van der Waals surface area contributed by atoms with Crippen LogP contribution in [0.25, 0.3) is 0 Å². The van der Waals surface area contributed by atoms with Gasteiger partial charge >= 0.3 is 6.18 Å². The van der Waals surface area contributed by atoms with Crippen LogP contribution in [0.5, 0.6) is 0 Å². The Morgan fingerprint density at radius 3 is 2.13 bits per heavy atom. The molecule has 0 N–H and O–H groups in total. The third kappa shape index (κ3) is 4.20. The first-order chi connectivity index (χ1) is 14.6. The highest BCUT2D eigenvalue weighted by Gasteiger charge is 2.48. The van der Waals surface area contributed by atoms with Crippen LogP contribution >= 0.6 is 11.8 Å². The molecule has 0 atom stereocenters. The molecule has 0 bridgehead atoms. The zero-order chi connectivity index (χ0) is 22.3. The van der Waals surface area contributed by atoms with E-state index in [1.165, 1.54) is 16.4 Å². The average Bonchev–Trinajstić information content (AvgIpc) is 3.16. The lowest BCUT2D eigenvalue weighted by atomic mass is 10.0. The highest BCUT2D eigenvalue weighted by molar-refractivity contribution is 8.00. The summed E-state index contributed by atoms with van der Waals surface area (Å²) in [4.78, 5) is 14.5. The normalized spacial score (nSPS) is 19.6. The van der Waals surface area contributed by atoms with Gasteiger partial charge in [0.25, 0.3) is 5.91 Å². The third-order valence-electron chi connectivity index (χ3n) is 5.77. The van der Waals surface area contributed by atoms with Crippen LogP contribution in [0.3, 0.4) is 0 Å². The van der Waals surface area contributed by atoms with Gasteiger partial charge in [-0.3, -0.25) is 4.79 Å². The van der Waals surface area contributed by atoms with Gasteiger partial charge in [0, 0.05) is 31.0 Å². The quantitative estimate of drug-likeness (QED) is 0.679. The molecule has 166 valence electrons. The van der Waals surface area contributed by atoms with Crippen molar-refractivity contribution in [1.29, 1.82) is 0 Å². The van der Waals surface area contributed by atoms with E-state index in [1.807, 2.05) is 0 Å². The van der Waals surface area contributed by atoms with E-state index in [9.17, 15) is 26.4 Å². The van der Waals surface area contributed by atoms with Crippen molar-refractivity contribution in [2.24, 2.45) is 0 Å². The lowest BCUT2D eigenvalue weighted by Gasteiger charge is -2.43. The summed E-state index contributed by atoms with van der Waals surface area (Å²) in [6, 6.07) is 12.5. The van der Waals surface area contributed by atoms with E-state index in [0.29, 0.717) is 25.1 Å². The molecule has 2 heterocycles. The van der Waals surface area contributed by atoms with Gasteiger partial charge in [-0.2, -0.15) is 17.5 Å². The zero-order valence-corrected chi connectivity index (χ0v) is 18.1. The predicted molar refractivity (Wildman–Crippen MR) is 112 cm³/mol. The van der Waals surface area contributed by atoms with Crippen molar-refractivity contribution >= 4 is 27.7 Å². The summed E-state index contributed by atoms with van der Waals surface area (Å²) >= 11 is 1.62. The van der Waals surface area contributed by atoms with Crippen molar-refractivity contribution in [3.8, 4) is 0 Å². The zero-order valence-electron chi connectivity index (χ0n) is 16.5. The Hall–Kier alpha value is -2.04. The summed E-state index contributed by atoms with van der Waals surface area (Å²) in [6.45, 7) is 1.04. The number of amides is 1. The third-order valence-corrected chi connectivity index (χ3v) is 9.23. The second-order valence-corrected chi connectivity index (χ2v) is 10.9. The van der Waals surface area contributed by atoms with E-state index in [0.717, 1.165) is 12.1 Å². The molecule has 0 saturated carbocycles. The van der Waals surface area contributed by atoms with E-state index in [-0.39, 0.29) is 29.5 Å². The Kier molecular flexibility index (Phi) is 5.82. The first kappa shape index (κ1) is 22.2. The molecule has 0 aliphatic carbocycles. The maximum atomic E-state index is 13.1. The van der Waals surface area contributed by atoms with E-state index in [2.05, 4.69) is 0 Å². The lowest BCUT2D eigenvalue weighted by molar-refractivity contribution is -0.137. The smallest absolute Gasteiger partial charge is 0.323 e. The van der Waals surface area contributed by atoms with E-state index in [4.69, 9.17) is 0 Å². The highest BCUT2D eigenvalue weighted by atomic mass is 32.2. The number of nitrogens with zero attached hydrogens (tertiary/aromatic N) is 2. The standard InChI is InChI=1S/C21H21F3N2O3S2/c22-21(23,24)17-8-6-16(7-9-17)19(27)26-14-15-30-20(26)10-12-25(13-11-20)31(28,29)18-4-2-1-3-5-18/h1-9H,10-15H2. The number of hydrogen-bond donors (Lipinski definition) is 0. The van der Waals surface area contributed by atoms with Gasteiger partial charge in [-0.15, -0.1) is 11.8 Å². The first-order valence-electron chi connectivity index (χ1n) is 9.82. The van der Waals surface area contributed by atoms with Gasteiger partial charge in [-0.05, 0) is 49.2 Å². The molecule has 4 rings (SSSR count). The first-order valence-corrected chi connectivity index (χ1v) is 12.2. The van der Waals surface area contributed by atoms with E-state index < -0.39 is 26.6 Å². The van der Waals surface area contributed by atoms with Crippen LogP contribution in [0.15, 0.2) is 59.5 Å². The number of benzene rings is 2. The van der Waals surface area contributed by atoms with Crippen molar-refractivity contribution in [3.05, 3.63) is 65.7 Å². The van der Waals surface area contributed by atoms with Crippen LogP contribution < -0.4 is 0 Å². The van der Waals surface area contributed by atoms with Gasteiger partial charge in [-0.25, -0.2) is 8.42 Å². The molecule has 1 spiro atoms. The van der Waals surface area contributed by atoms with Gasteiger partial charge in [0.2, 0.25) is 10.0 Å². The maximum Gasteiger partial charge on any atom is 0.416 e. The number of rotatable bonds is 3. The summed E-state index contributed by atoms with van der Waals surface area (Å²) in [5.41, 5.74) is -0.594. The minimum atomic E-state index is -4.45. The van der Waals surface area contributed by atoms with Crippen LogP contribution in [0.2, 0.25) is 0 Å². The Labute approximate surface area is 183 Å². The fourth-order valence-electron chi connectivity index (χ4n) is 4.08. The molecule has 1 amide bonds. The van der Waals surface area contributed by atoms with Crippen LogP contribution in [0.4, 0.5) is 13.2 Å². The van der Waals surface area contributed by atoms with Crippen LogP contribution in [0.1, 0.15) is 28.8 Å². The van der Waals surface area contributed by atoms with Crippen molar-refractivity contribution in [2.45, 2.75) is 28.8 Å². The number of piperidine rings is 1. The molecule has 0 unspecified atom stereocenters. The minimum Gasteiger partial charge on any atom is -0.323 e. The van der Waals surface area contributed by atoms with Gasteiger partial charge in [0.15, 0.2) is 0 Å². The molecule has 2 aromatic carbocycles. The van der Waals surface area contributed by atoms with Gasteiger partial charge < -0.3 is 4.90 Å². The molecule has 2 fully saturated rings.